The number of nitrogens with zero attached hydrogens (tertiary/aromatic N) is 3. The molecule has 2 atom stereocenters. The molecule has 0 amide bonds. The zero-order chi connectivity index (χ0) is 20.3. The SMILES string of the molecule is C[C@H](N)c1ccc(O[C@@H]2CCN(c3ncnc(OCC(C)(C)O)c3F)C2)cc1. The minimum Gasteiger partial charge on any atom is -0.489 e. The highest BCUT2D eigenvalue weighted by molar-refractivity contribution is 5.44. The number of ether oxygens (including phenoxy) is 2. The number of halogens is 1. The van der Waals surface area contributed by atoms with Crippen molar-refractivity contribution >= 4 is 5.82 Å². The Morgan fingerprint density at radius 2 is 2.04 bits per heavy atom. The van der Waals surface area contributed by atoms with Gasteiger partial charge in [0.05, 0.1) is 12.1 Å². The van der Waals surface area contributed by atoms with Gasteiger partial charge in [-0.15, -0.1) is 0 Å². The molecule has 1 aromatic heterocycles. The normalized spacial score (nSPS) is 18.2. The zero-order valence-electron chi connectivity index (χ0n) is 16.4. The molecule has 2 heterocycles. The highest BCUT2D eigenvalue weighted by Crippen LogP contribution is 2.28. The molecule has 1 aliphatic rings. The van der Waals surface area contributed by atoms with Gasteiger partial charge in [-0.3, -0.25) is 0 Å². The number of nitrogens with two attached hydrogens (primary N) is 1. The zero-order valence-corrected chi connectivity index (χ0v) is 16.4. The summed E-state index contributed by atoms with van der Waals surface area (Å²) in [7, 11) is 0. The standard InChI is InChI=1S/C20H27FN4O3/c1-13(22)14-4-6-15(7-5-14)28-16-8-9-25(10-16)18-17(21)19(24-12-23-18)27-11-20(2,3)26/h4-7,12-13,16,26H,8-11,22H2,1-3H3/t13-,16+/m0/s1. The van der Waals surface area contributed by atoms with Crippen molar-refractivity contribution in [3.63, 3.8) is 0 Å². The highest BCUT2D eigenvalue weighted by atomic mass is 19.1. The van der Waals surface area contributed by atoms with Crippen LogP contribution < -0.4 is 20.1 Å². The molecule has 28 heavy (non-hydrogen) atoms. The van der Waals surface area contributed by atoms with E-state index in [2.05, 4.69) is 9.97 Å². The number of hydrogen-bond acceptors (Lipinski definition) is 7. The van der Waals surface area contributed by atoms with Crippen molar-refractivity contribution in [2.75, 3.05) is 24.6 Å². The fourth-order valence-corrected chi connectivity index (χ4v) is 2.97. The Bertz CT molecular complexity index is 793. The van der Waals surface area contributed by atoms with E-state index in [1.54, 1.807) is 13.8 Å². The van der Waals surface area contributed by atoms with E-state index in [-0.39, 0.29) is 30.5 Å². The van der Waals surface area contributed by atoms with Crippen LogP contribution in [0.5, 0.6) is 11.6 Å². The second-order valence-corrected chi connectivity index (χ2v) is 7.75. The van der Waals surface area contributed by atoms with Crippen LogP contribution in [-0.4, -0.2) is 46.5 Å². The van der Waals surface area contributed by atoms with E-state index >= 15 is 0 Å². The summed E-state index contributed by atoms with van der Waals surface area (Å²) in [4.78, 5) is 9.72. The number of benzene rings is 1. The van der Waals surface area contributed by atoms with Gasteiger partial charge in [0.25, 0.3) is 5.88 Å². The summed E-state index contributed by atoms with van der Waals surface area (Å²) >= 11 is 0. The van der Waals surface area contributed by atoms with Crippen LogP contribution in [0.2, 0.25) is 0 Å². The topological polar surface area (TPSA) is 93.7 Å². The van der Waals surface area contributed by atoms with Gasteiger partial charge in [0.15, 0.2) is 5.82 Å². The number of anilines is 1. The van der Waals surface area contributed by atoms with E-state index in [4.69, 9.17) is 15.2 Å². The Morgan fingerprint density at radius 3 is 2.68 bits per heavy atom. The lowest BCUT2D eigenvalue weighted by Crippen LogP contribution is -2.29. The first kappa shape index (κ1) is 20.3. The first-order valence-corrected chi connectivity index (χ1v) is 9.36. The summed E-state index contributed by atoms with van der Waals surface area (Å²) in [6.07, 6.45) is 1.94. The Labute approximate surface area is 164 Å². The third kappa shape index (κ3) is 5.08. The van der Waals surface area contributed by atoms with Gasteiger partial charge in [-0.2, -0.15) is 9.37 Å². The smallest absolute Gasteiger partial charge is 0.255 e. The van der Waals surface area contributed by atoms with Crippen LogP contribution >= 0.6 is 0 Å². The summed E-state index contributed by atoms with van der Waals surface area (Å²) in [5.74, 6) is 0.143. The Kier molecular flexibility index (Phi) is 6.00. The van der Waals surface area contributed by atoms with Gasteiger partial charge >= 0.3 is 0 Å². The fourth-order valence-electron chi connectivity index (χ4n) is 2.97. The minimum atomic E-state index is -1.08. The second-order valence-electron chi connectivity index (χ2n) is 7.75. The monoisotopic (exact) mass is 390 g/mol. The summed E-state index contributed by atoms with van der Waals surface area (Å²) in [6.45, 7) is 6.14. The molecule has 8 heteroatoms. The average Bonchev–Trinajstić information content (AvgIpc) is 3.09. The molecule has 0 saturated carbocycles. The Balaban J connectivity index is 1.63. The molecule has 1 fully saturated rings. The Morgan fingerprint density at radius 1 is 1.32 bits per heavy atom. The maximum Gasteiger partial charge on any atom is 0.255 e. The van der Waals surface area contributed by atoms with Gasteiger partial charge in [0, 0.05) is 19.0 Å². The molecule has 2 aromatic rings. The van der Waals surface area contributed by atoms with Crippen LogP contribution in [0.25, 0.3) is 0 Å². The molecule has 152 valence electrons. The number of aromatic nitrogens is 2. The van der Waals surface area contributed by atoms with Crippen molar-refractivity contribution in [2.24, 2.45) is 5.73 Å². The van der Waals surface area contributed by atoms with E-state index < -0.39 is 11.4 Å². The van der Waals surface area contributed by atoms with Crippen LogP contribution in [0.1, 0.15) is 38.8 Å². The van der Waals surface area contributed by atoms with Crippen molar-refractivity contribution in [3.8, 4) is 11.6 Å². The molecule has 0 radical (unpaired) electrons. The van der Waals surface area contributed by atoms with Gasteiger partial charge in [-0.1, -0.05) is 12.1 Å². The van der Waals surface area contributed by atoms with Gasteiger partial charge in [0.2, 0.25) is 5.82 Å². The lowest BCUT2D eigenvalue weighted by atomic mass is 10.1. The van der Waals surface area contributed by atoms with E-state index in [9.17, 15) is 9.50 Å². The van der Waals surface area contributed by atoms with Crippen LogP contribution in [0.15, 0.2) is 30.6 Å². The third-order valence-corrected chi connectivity index (χ3v) is 4.45. The number of rotatable bonds is 7. The van der Waals surface area contributed by atoms with Crippen LogP contribution in [-0.2, 0) is 0 Å². The van der Waals surface area contributed by atoms with Crippen molar-refractivity contribution in [3.05, 3.63) is 42.0 Å². The van der Waals surface area contributed by atoms with E-state index in [0.29, 0.717) is 13.1 Å². The van der Waals surface area contributed by atoms with E-state index in [1.165, 1.54) is 6.33 Å². The third-order valence-electron chi connectivity index (χ3n) is 4.45. The van der Waals surface area contributed by atoms with Crippen LogP contribution in [0, 0.1) is 5.82 Å². The first-order valence-electron chi connectivity index (χ1n) is 9.36. The molecule has 3 N–H and O–H groups in total. The summed E-state index contributed by atoms with van der Waals surface area (Å²) in [5.41, 5.74) is 5.82. The van der Waals surface area contributed by atoms with Gasteiger partial charge in [-0.25, -0.2) is 4.98 Å². The maximum atomic E-state index is 14.7. The molecule has 1 saturated heterocycles. The molecular weight excluding hydrogens is 363 g/mol. The minimum absolute atomic E-state index is 0.0235. The largest absolute Gasteiger partial charge is 0.489 e. The molecule has 0 spiro atoms. The first-order chi connectivity index (χ1) is 13.2. The van der Waals surface area contributed by atoms with Crippen LogP contribution in [0.3, 0.4) is 0 Å². The van der Waals surface area contributed by atoms with Crippen molar-refractivity contribution in [2.45, 2.75) is 44.9 Å². The molecule has 0 unspecified atom stereocenters. The molecule has 1 aromatic carbocycles. The predicted octanol–water partition coefficient (Wildman–Crippen LogP) is 2.44. The quantitative estimate of drug-likeness (QED) is 0.750. The van der Waals surface area contributed by atoms with E-state index in [0.717, 1.165) is 17.7 Å². The van der Waals surface area contributed by atoms with E-state index in [1.807, 2.05) is 36.1 Å². The molecule has 0 aliphatic carbocycles. The van der Waals surface area contributed by atoms with Crippen molar-refractivity contribution in [1.29, 1.82) is 0 Å². The summed E-state index contributed by atoms with van der Waals surface area (Å²) in [5, 5.41) is 9.75. The summed E-state index contributed by atoms with van der Waals surface area (Å²) < 4.78 is 26.1. The maximum absolute atomic E-state index is 14.7. The molecule has 3 rings (SSSR count). The van der Waals surface area contributed by atoms with Gasteiger partial charge in [0.1, 0.15) is 24.8 Å². The molecule has 7 nitrogen and oxygen atoms in total. The van der Waals surface area contributed by atoms with Gasteiger partial charge < -0.3 is 25.2 Å². The number of hydrogen-bond donors (Lipinski definition) is 2. The average molecular weight is 390 g/mol. The molecule has 0 bridgehead atoms. The fraction of sp³-hybridized carbons (Fsp3) is 0.500. The Hall–Kier alpha value is -2.45. The van der Waals surface area contributed by atoms with Gasteiger partial charge in [-0.05, 0) is 38.5 Å². The molecule has 1 aliphatic heterocycles. The summed E-state index contributed by atoms with van der Waals surface area (Å²) in [6, 6.07) is 7.67. The lowest BCUT2D eigenvalue weighted by molar-refractivity contribution is 0.0253. The van der Waals surface area contributed by atoms with Crippen LogP contribution in [0.4, 0.5) is 10.2 Å². The molecular formula is C20H27FN4O3. The highest BCUT2D eigenvalue weighted by Gasteiger charge is 2.29. The van der Waals surface area contributed by atoms with Crippen molar-refractivity contribution in [1.82, 2.24) is 9.97 Å². The predicted molar refractivity (Wildman–Crippen MR) is 104 cm³/mol. The lowest BCUT2D eigenvalue weighted by Gasteiger charge is -2.21. The number of aliphatic hydroxyl groups is 1. The van der Waals surface area contributed by atoms with Crippen molar-refractivity contribution < 1.29 is 19.0 Å². The second kappa shape index (κ2) is 8.28.